The molecule has 19 heavy (non-hydrogen) atoms. The molecule has 112 valence electrons. The molecule has 1 aromatic rings. The molecule has 0 saturated heterocycles. The van der Waals surface area contributed by atoms with Gasteiger partial charge in [-0.25, -0.2) is 0 Å². The highest BCUT2D eigenvalue weighted by molar-refractivity contribution is 6.30. The van der Waals surface area contributed by atoms with E-state index in [1.54, 1.807) is 0 Å². The number of hydrogen-bond acceptors (Lipinski definition) is 2. The van der Waals surface area contributed by atoms with Gasteiger partial charge in [-0.05, 0) is 50.3 Å². The van der Waals surface area contributed by atoms with E-state index < -0.39 is 0 Å². The lowest BCUT2D eigenvalue weighted by molar-refractivity contribution is 0.298. The maximum atomic E-state index is 5.93. The van der Waals surface area contributed by atoms with Crippen LogP contribution >= 0.6 is 36.4 Å². The molecule has 0 aliphatic heterocycles. The molecule has 0 radical (unpaired) electrons. The van der Waals surface area contributed by atoms with Gasteiger partial charge in [0, 0.05) is 11.6 Å². The zero-order valence-electron chi connectivity index (χ0n) is 11.7. The van der Waals surface area contributed by atoms with Gasteiger partial charge in [-0.2, -0.15) is 0 Å². The van der Waals surface area contributed by atoms with Crippen LogP contribution in [0.4, 0.5) is 0 Å². The maximum absolute atomic E-state index is 5.93. The van der Waals surface area contributed by atoms with Gasteiger partial charge in [0.15, 0.2) is 0 Å². The van der Waals surface area contributed by atoms with Crippen LogP contribution in [-0.2, 0) is 6.54 Å². The van der Waals surface area contributed by atoms with Gasteiger partial charge in [-0.1, -0.05) is 37.6 Å². The van der Waals surface area contributed by atoms with Crippen LogP contribution in [-0.4, -0.2) is 31.1 Å². The first-order valence-electron chi connectivity index (χ1n) is 6.43. The van der Waals surface area contributed by atoms with E-state index in [9.17, 15) is 0 Å². The molecule has 1 aromatic carbocycles. The number of rotatable bonds is 8. The van der Waals surface area contributed by atoms with Gasteiger partial charge in [-0.15, -0.1) is 24.8 Å². The SMILES string of the molecule is CCN(CC)CCCNCc1cccc(Cl)c1.Cl.Cl. The van der Waals surface area contributed by atoms with Crippen LogP contribution < -0.4 is 5.32 Å². The fraction of sp³-hybridized carbons (Fsp3) is 0.571. The Morgan fingerprint density at radius 1 is 1.16 bits per heavy atom. The molecule has 0 aliphatic rings. The molecular formula is C14H25Cl3N2. The van der Waals surface area contributed by atoms with Gasteiger partial charge in [0.1, 0.15) is 0 Å². The minimum atomic E-state index is 0. The van der Waals surface area contributed by atoms with Crippen LogP contribution in [0.1, 0.15) is 25.8 Å². The first kappa shape index (κ1) is 21.3. The fourth-order valence-corrected chi connectivity index (χ4v) is 2.06. The Labute approximate surface area is 134 Å². The third-order valence-electron chi connectivity index (χ3n) is 2.94. The topological polar surface area (TPSA) is 15.3 Å². The number of nitrogens with zero attached hydrogens (tertiary/aromatic N) is 1. The zero-order valence-corrected chi connectivity index (χ0v) is 14.1. The van der Waals surface area contributed by atoms with E-state index in [0.717, 1.165) is 31.2 Å². The normalized spacial score (nSPS) is 9.89. The standard InChI is InChI=1S/C14H23ClN2.2ClH/c1-3-17(4-2)10-6-9-16-12-13-7-5-8-14(15)11-13;;/h5,7-8,11,16H,3-4,6,9-10,12H2,1-2H3;2*1H. The minimum absolute atomic E-state index is 0. The Bertz CT molecular complexity index is 317. The summed E-state index contributed by atoms with van der Waals surface area (Å²) in [7, 11) is 0. The second-order valence-corrected chi connectivity index (χ2v) is 4.62. The van der Waals surface area contributed by atoms with Crippen molar-refractivity contribution in [2.24, 2.45) is 0 Å². The first-order valence-corrected chi connectivity index (χ1v) is 6.81. The average molecular weight is 328 g/mol. The van der Waals surface area contributed by atoms with Crippen LogP contribution in [0.15, 0.2) is 24.3 Å². The average Bonchev–Trinajstić information content (AvgIpc) is 2.34. The van der Waals surface area contributed by atoms with Gasteiger partial charge in [0.05, 0.1) is 0 Å². The lowest BCUT2D eigenvalue weighted by atomic mass is 10.2. The predicted molar refractivity (Wildman–Crippen MR) is 90.1 cm³/mol. The summed E-state index contributed by atoms with van der Waals surface area (Å²) in [4.78, 5) is 2.45. The second-order valence-electron chi connectivity index (χ2n) is 4.19. The van der Waals surface area contributed by atoms with E-state index in [1.807, 2.05) is 18.2 Å². The molecule has 0 amide bonds. The quantitative estimate of drug-likeness (QED) is 0.726. The molecule has 1 rings (SSSR count). The van der Waals surface area contributed by atoms with Crippen LogP contribution in [0.5, 0.6) is 0 Å². The molecule has 0 atom stereocenters. The Morgan fingerprint density at radius 2 is 1.84 bits per heavy atom. The lowest BCUT2D eigenvalue weighted by Crippen LogP contribution is -2.27. The molecule has 5 heteroatoms. The van der Waals surface area contributed by atoms with Crippen molar-refractivity contribution < 1.29 is 0 Å². The van der Waals surface area contributed by atoms with E-state index in [-0.39, 0.29) is 24.8 Å². The fourth-order valence-electron chi connectivity index (χ4n) is 1.85. The van der Waals surface area contributed by atoms with Gasteiger partial charge >= 0.3 is 0 Å². The van der Waals surface area contributed by atoms with Crippen molar-refractivity contribution in [3.05, 3.63) is 34.9 Å². The van der Waals surface area contributed by atoms with E-state index in [0.29, 0.717) is 0 Å². The Hall–Kier alpha value is 0.01000. The summed E-state index contributed by atoms with van der Waals surface area (Å²) in [6.45, 7) is 9.85. The van der Waals surface area contributed by atoms with Crippen molar-refractivity contribution in [2.45, 2.75) is 26.8 Å². The highest BCUT2D eigenvalue weighted by Gasteiger charge is 1.98. The molecule has 0 unspecified atom stereocenters. The summed E-state index contributed by atoms with van der Waals surface area (Å²) >= 11 is 5.93. The van der Waals surface area contributed by atoms with E-state index in [2.05, 4.69) is 30.1 Å². The summed E-state index contributed by atoms with van der Waals surface area (Å²) in [6, 6.07) is 8.02. The molecule has 1 N–H and O–H groups in total. The second kappa shape index (κ2) is 13.0. The van der Waals surface area contributed by atoms with Crippen molar-refractivity contribution in [2.75, 3.05) is 26.2 Å². The van der Waals surface area contributed by atoms with Crippen molar-refractivity contribution in [3.63, 3.8) is 0 Å². The maximum Gasteiger partial charge on any atom is 0.0409 e. The molecule has 0 aliphatic carbocycles. The largest absolute Gasteiger partial charge is 0.313 e. The summed E-state index contributed by atoms with van der Waals surface area (Å²) in [5, 5.41) is 4.26. The van der Waals surface area contributed by atoms with Crippen molar-refractivity contribution in [3.8, 4) is 0 Å². The van der Waals surface area contributed by atoms with E-state index in [1.165, 1.54) is 18.5 Å². The molecule has 0 spiro atoms. The number of hydrogen-bond donors (Lipinski definition) is 1. The van der Waals surface area contributed by atoms with Crippen molar-refractivity contribution in [1.82, 2.24) is 10.2 Å². The van der Waals surface area contributed by atoms with Crippen LogP contribution in [0.2, 0.25) is 5.02 Å². The molecule has 0 aromatic heterocycles. The van der Waals surface area contributed by atoms with Gasteiger partial charge < -0.3 is 10.2 Å². The smallest absolute Gasteiger partial charge is 0.0409 e. The zero-order chi connectivity index (χ0) is 12.5. The van der Waals surface area contributed by atoms with Crippen LogP contribution in [0.25, 0.3) is 0 Å². The highest BCUT2D eigenvalue weighted by Crippen LogP contribution is 2.10. The van der Waals surface area contributed by atoms with Gasteiger partial charge in [0.25, 0.3) is 0 Å². The lowest BCUT2D eigenvalue weighted by Gasteiger charge is -2.17. The number of benzene rings is 1. The summed E-state index contributed by atoms with van der Waals surface area (Å²) in [6.07, 6.45) is 1.20. The van der Waals surface area contributed by atoms with Gasteiger partial charge in [-0.3, -0.25) is 0 Å². The first-order chi connectivity index (χ1) is 8.26. The molecule has 0 heterocycles. The summed E-state index contributed by atoms with van der Waals surface area (Å²) in [5.41, 5.74) is 1.25. The van der Waals surface area contributed by atoms with E-state index in [4.69, 9.17) is 11.6 Å². The monoisotopic (exact) mass is 326 g/mol. The minimum Gasteiger partial charge on any atom is -0.313 e. The molecule has 0 bridgehead atoms. The Morgan fingerprint density at radius 3 is 2.42 bits per heavy atom. The highest BCUT2D eigenvalue weighted by atomic mass is 35.5. The third-order valence-corrected chi connectivity index (χ3v) is 3.18. The van der Waals surface area contributed by atoms with Crippen LogP contribution in [0.3, 0.4) is 0 Å². The van der Waals surface area contributed by atoms with Crippen molar-refractivity contribution in [1.29, 1.82) is 0 Å². The molecule has 0 fully saturated rings. The molecular weight excluding hydrogens is 303 g/mol. The van der Waals surface area contributed by atoms with Crippen LogP contribution in [0, 0.1) is 0 Å². The third kappa shape index (κ3) is 9.53. The Kier molecular flexibility index (Phi) is 14.6. The molecule has 0 saturated carbocycles. The summed E-state index contributed by atoms with van der Waals surface area (Å²) < 4.78 is 0. The Balaban J connectivity index is 0. The molecule has 2 nitrogen and oxygen atoms in total. The van der Waals surface area contributed by atoms with Crippen molar-refractivity contribution >= 4 is 36.4 Å². The number of nitrogens with one attached hydrogen (secondary N) is 1. The predicted octanol–water partition coefficient (Wildman–Crippen LogP) is 4.01. The van der Waals surface area contributed by atoms with E-state index >= 15 is 0 Å². The summed E-state index contributed by atoms with van der Waals surface area (Å²) in [5.74, 6) is 0. The van der Waals surface area contributed by atoms with Gasteiger partial charge in [0.2, 0.25) is 0 Å². The number of halogens is 3.